The van der Waals surface area contributed by atoms with Gasteiger partial charge in [0.05, 0.1) is 5.69 Å². The van der Waals surface area contributed by atoms with Crippen LogP contribution in [0, 0.1) is 0 Å². The molecule has 0 radical (unpaired) electrons. The molecule has 0 unspecified atom stereocenters. The van der Waals surface area contributed by atoms with Crippen molar-refractivity contribution in [3.8, 4) is 0 Å². The second kappa shape index (κ2) is 5.06. The van der Waals surface area contributed by atoms with Crippen LogP contribution in [0.25, 0.3) is 0 Å². The Bertz CT molecular complexity index is 389. The Balaban J connectivity index is 2.36. The molecule has 1 rings (SSSR count). The molecule has 0 fully saturated rings. The zero-order valence-electron chi connectivity index (χ0n) is 7.87. The summed E-state index contributed by atoms with van der Waals surface area (Å²) in [6.07, 6.45) is -4.15. The SMILES string of the molecule is O=Cc1nc(CCNC(=O)C(F)(F)F)cs1. The molecule has 0 bridgehead atoms. The van der Waals surface area contributed by atoms with Gasteiger partial charge in [-0.1, -0.05) is 0 Å². The van der Waals surface area contributed by atoms with E-state index in [9.17, 15) is 22.8 Å². The maximum absolute atomic E-state index is 11.8. The van der Waals surface area contributed by atoms with Crippen LogP contribution in [0.15, 0.2) is 5.38 Å². The average molecular weight is 252 g/mol. The summed E-state index contributed by atoms with van der Waals surface area (Å²) in [5.74, 6) is -1.97. The van der Waals surface area contributed by atoms with Gasteiger partial charge in [0.15, 0.2) is 11.3 Å². The van der Waals surface area contributed by atoms with Crippen molar-refractivity contribution >= 4 is 23.5 Å². The van der Waals surface area contributed by atoms with E-state index < -0.39 is 12.1 Å². The van der Waals surface area contributed by atoms with Crippen molar-refractivity contribution in [2.45, 2.75) is 12.6 Å². The first-order valence-corrected chi connectivity index (χ1v) is 5.06. The second-order valence-corrected chi connectivity index (χ2v) is 3.69. The first-order chi connectivity index (χ1) is 7.43. The van der Waals surface area contributed by atoms with E-state index in [1.165, 1.54) is 0 Å². The molecule has 1 N–H and O–H groups in total. The van der Waals surface area contributed by atoms with E-state index in [0.717, 1.165) is 11.3 Å². The van der Waals surface area contributed by atoms with Crippen molar-refractivity contribution < 1.29 is 22.8 Å². The zero-order chi connectivity index (χ0) is 12.2. The van der Waals surface area contributed by atoms with Gasteiger partial charge in [-0.05, 0) is 0 Å². The van der Waals surface area contributed by atoms with Crippen LogP contribution in [0.1, 0.15) is 15.5 Å². The molecule has 1 amide bonds. The topological polar surface area (TPSA) is 59.1 Å². The van der Waals surface area contributed by atoms with E-state index in [0.29, 0.717) is 12.0 Å². The van der Waals surface area contributed by atoms with Crippen molar-refractivity contribution in [3.63, 3.8) is 0 Å². The number of halogens is 3. The number of thiazole rings is 1. The van der Waals surface area contributed by atoms with Gasteiger partial charge in [0.25, 0.3) is 0 Å². The van der Waals surface area contributed by atoms with E-state index in [2.05, 4.69) is 4.98 Å². The monoisotopic (exact) mass is 252 g/mol. The summed E-state index contributed by atoms with van der Waals surface area (Å²) < 4.78 is 35.3. The predicted molar refractivity (Wildman–Crippen MR) is 50.3 cm³/mol. The van der Waals surface area contributed by atoms with Crippen LogP contribution >= 0.6 is 11.3 Å². The standard InChI is InChI=1S/C8H7F3N2O2S/c9-8(10,11)7(15)12-2-1-5-4-16-6(3-14)13-5/h3-4H,1-2H2,(H,12,15). The van der Waals surface area contributed by atoms with Crippen molar-refractivity contribution in [1.82, 2.24) is 10.3 Å². The summed E-state index contributed by atoms with van der Waals surface area (Å²) in [4.78, 5) is 24.5. The number of amides is 1. The number of rotatable bonds is 4. The van der Waals surface area contributed by atoms with Gasteiger partial charge >= 0.3 is 12.1 Å². The van der Waals surface area contributed by atoms with Gasteiger partial charge in [-0.2, -0.15) is 13.2 Å². The van der Waals surface area contributed by atoms with Gasteiger partial charge in [0.1, 0.15) is 0 Å². The number of carbonyl (C=O) groups excluding carboxylic acids is 2. The third kappa shape index (κ3) is 3.61. The van der Waals surface area contributed by atoms with Gasteiger partial charge in [0, 0.05) is 18.3 Å². The Kier molecular flexibility index (Phi) is 3.99. The molecule has 1 aromatic rings. The Morgan fingerprint density at radius 1 is 1.56 bits per heavy atom. The number of hydrogen-bond donors (Lipinski definition) is 1. The van der Waals surface area contributed by atoms with E-state index >= 15 is 0 Å². The van der Waals surface area contributed by atoms with Crippen LogP contribution in [0.4, 0.5) is 13.2 Å². The molecule has 88 valence electrons. The summed E-state index contributed by atoms with van der Waals surface area (Å²) in [5, 5.41) is 3.53. The maximum Gasteiger partial charge on any atom is 0.471 e. The fourth-order valence-electron chi connectivity index (χ4n) is 0.896. The minimum absolute atomic E-state index is 0.159. The molecule has 0 aromatic carbocycles. The summed E-state index contributed by atoms with van der Waals surface area (Å²) in [6, 6.07) is 0. The molecule has 16 heavy (non-hydrogen) atoms. The highest BCUT2D eigenvalue weighted by molar-refractivity contribution is 7.11. The van der Waals surface area contributed by atoms with Crippen LogP contribution in [0.2, 0.25) is 0 Å². The first-order valence-electron chi connectivity index (χ1n) is 4.18. The second-order valence-electron chi connectivity index (χ2n) is 2.80. The quantitative estimate of drug-likeness (QED) is 0.818. The van der Waals surface area contributed by atoms with Crippen molar-refractivity contribution in [1.29, 1.82) is 0 Å². The Morgan fingerprint density at radius 2 is 2.25 bits per heavy atom. The molecule has 0 saturated heterocycles. The molecule has 0 aliphatic carbocycles. The van der Waals surface area contributed by atoms with Crippen LogP contribution < -0.4 is 5.32 Å². The lowest BCUT2D eigenvalue weighted by atomic mass is 10.3. The molecule has 0 aliphatic rings. The van der Waals surface area contributed by atoms with Gasteiger partial charge in [0.2, 0.25) is 0 Å². The molecule has 0 aliphatic heterocycles. The minimum Gasteiger partial charge on any atom is -0.348 e. The predicted octanol–water partition coefficient (Wildman–Crippen LogP) is 1.18. The third-order valence-corrected chi connectivity index (χ3v) is 2.41. The molecule has 0 atom stereocenters. The molecule has 1 aromatic heterocycles. The summed E-state index contributed by atoms with van der Waals surface area (Å²) in [7, 11) is 0. The van der Waals surface area contributed by atoms with Crippen LogP contribution in [-0.4, -0.2) is 29.9 Å². The number of carbonyl (C=O) groups is 2. The van der Waals surface area contributed by atoms with Crippen LogP contribution in [0.5, 0.6) is 0 Å². The number of aldehydes is 1. The number of alkyl halides is 3. The van der Waals surface area contributed by atoms with Gasteiger partial charge in [-0.25, -0.2) is 4.98 Å². The molecular formula is C8H7F3N2O2S. The Labute approximate surface area is 92.5 Å². The number of nitrogens with one attached hydrogen (secondary N) is 1. The first kappa shape index (κ1) is 12.6. The summed E-state index contributed by atoms with van der Waals surface area (Å²) >= 11 is 1.10. The van der Waals surface area contributed by atoms with E-state index in [1.807, 2.05) is 0 Å². The number of nitrogens with zero attached hydrogens (tertiary/aromatic N) is 1. The van der Waals surface area contributed by atoms with Crippen LogP contribution in [0.3, 0.4) is 0 Å². The fourth-order valence-corrected chi connectivity index (χ4v) is 1.55. The molecule has 0 spiro atoms. The molecule has 4 nitrogen and oxygen atoms in total. The lowest BCUT2D eigenvalue weighted by Gasteiger charge is -2.06. The van der Waals surface area contributed by atoms with Crippen molar-refractivity contribution in [2.75, 3.05) is 6.54 Å². The van der Waals surface area contributed by atoms with Gasteiger partial charge in [-0.3, -0.25) is 9.59 Å². The smallest absolute Gasteiger partial charge is 0.348 e. The largest absolute Gasteiger partial charge is 0.471 e. The lowest BCUT2D eigenvalue weighted by molar-refractivity contribution is -0.173. The zero-order valence-corrected chi connectivity index (χ0v) is 8.69. The van der Waals surface area contributed by atoms with Crippen LogP contribution in [-0.2, 0) is 11.2 Å². The molecule has 0 saturated carbocycles. The summed E-state index contributed by atoms with van der Waals surface area (Å²) in [6.45, 7) is -0.166. The highest BCUT2D eigenvalue weighted by Gasteiger charge is 2.38. The maximum atomic E-state index is 11.8. The van der Waals surface area contributed by atoms with Gasteiger partial charge in [-0.15, -0.1) is 11.3 Å². The average Bonchev–Trinajstić information content (AvgIpc) is 2.64. The highest BCUT2D eigenvalue weighted by atomic mass is 32.1. The molecule has 8 heteroatoms. The third-order valence-electron chi connectivity index (χ3n) is 1.59. The lowest BCUT2D eigenvalue weighted by Crippen LogP contribution is -2.37. The normalized spacial score (nSPS) is 11.2. The van der Waals surface area contributed by atoms with Gasteiger partial charge < -0.3 is 5.32 Å². The highest BCUT2D eigenvalue weighted by Crippen LogP contribution is 2.14. The minimum atomic E-state index is -4.87. The molecule has 1 heterocycles. The van der Waals surface area contributed by atoms with E-state index in [-0.39, 0.29) is 18.0 Å². The van der Waals surface area contributed by atoms with Crippen molar-refractivity contribution in [2.24, 2.45) is 0 Å². The Hall–Kier alpha value is -1.44. The molecular weight excluding hydrogens is 245 g/mol. The Morgan fingerprint density at radius 3 is 2.75 bits per heavy atom. The fraction of sp³-hybridized carbons (Fsp3) is 0.375. The van der Waals surface area contributed by atoms with E-state index in [4.69, 9.17) is 0 Å². The summed E-state index contributed by atoms with van der Waals surface area (Å²) in [5.41, 5.74) is 0.481. The van der Waals surface area contributed by atoms with E-state index in [1.54, 1.807) is 10.7 Å². The van der Waals surface area contributed by atoms with Crippen molar-refractivity contribution in [3.05, 3.63) is 16.1 Å². The number of aromatic nitrogens is 1. The number of hydrogen-bond acceptors (Lipinski definition) is 4.